The van der Waals surface area contributed by atoms with Crippen molar-refractivity contribution in [1.82, 2.24) is 4.90 Å². The molecule has 0 radical (unpaired) electrons. The van der Waals surface area contributed by atoms with E-state index in [0.29, 0.717) is 17.8 Å². The summed E-state index contributed by atoms with van der Waals surface area (Å²) in [6.07, 6.45) is 4.68. The van der Waals surface area contributed by atoms with Gasteiger partial charge in [0.1, 0.15) is 5.60 Å². The van der Waals surface area contributed by atoms with Gasteiger partial charge in [0.25, 0.3) is 10.1 Å². The van der Waals surface area contributed by atoms with E-state index in [1.54, 1.807) is 0 Å². The Hall–Kier alpha value is -0.660. The number of hydrogen-bond donors (Lipinski definition) is 1. The third-order valence-electron chi connectivity index (χ3n) is 6.17. The van der Waals surface area contributed by atoms with E-state index in [2.05, 4.69) is 11.8 Å². The van der Waals surface area contributed by atoms with E-state index in [0.717, 1.165) is 25.7 Å². The summed E-state index contributed by atoms with van der Waals surface area (Å²) in [7, 11) is -0.249. The molecule has 0 heterocycles. The minimum Gasteiger partial charge on any atom is -0.458 e. The molecule has 3 saturated carbocycles. The lowest BCUT2D eigenvalue weighted by Crippen LogP contribution is -2.51. The van der Waals surface area contributed by atoms with E-state index in [-0.39, 0.29) is 5.54 Å². The highest BCUT2D eigenvalue weighted by Gasteiger charge is 2.61. The first kappa shape index (κ1) is 16.2. The topological polar surface area (TPSA) is 83.9 Å². The van der Waals surface area contributed by atoms with E-state index < -0.39 is 27.4 Å². The molecule has 2 bridgehead atoms. The minimum absolute atomic E-state index is 0.0524. The number of rotatable bonds is 4. The Morgan fingerprint density at radius 1 is 1.27 bits per heavy atom. The molecule has 0 aromatic heterocycles. The van der Waals surface area contributed by atoms with Crippen LogP contribution in [0.4, 0.5) is 0 Å². The summed E-state index contributed by atoms with van der Waals surface area (Å²) in [6.45, 7) is 2.19. The van der Waals surface area contributed by atoms with Gasteiger partial charge in [0, 0.05) is 12.0 Å². The molecule has 22 heavy (non-hydrogen) atoms. The average Bonchev–Trinajstić information content (AvgIpc) is 2.50. The summed E-state index contributed by atoms with van der Waals surface area (Å²) in [6, 6.07) is 0. The molecule has 6 nitrogen and oxygen atoms in total. The fourth-order valence-corrected chi connectivity index (χ4v) is 5.43. The number of hydrogen-bond acceptors (Lipinski definition) is 5. The summed E-state index contributed by atoms with van der Waals surface area (Å²) >= 11 is 0. The van der Waals surface area contributed by atoms with Crippen LogP contribution in [0.1, 0.15) is 39.0 Å². The lowest BCUT2D eigenvalue weighted by molar-refractivity contribution is -0.160. The third kappa shape index (κ3) is 2.78. The van der Waals surface area contributed by atoms with Crippen molar-refractivity contribution in [3.8, 4) is 0 Å². The molecule has 0 aromatic rings. The third-order valence-corrected chi connectivity index (χ3v) is 6.77. The molecule has 0 spiro atoms. The van der Waals surface area contributed by atoms with Gasteiger partial charge >= 0.3 is 5.97 Å². The zero-order chi connectivity index (χ0) is 16.3. The summed E-state index contributed by atoms with van der Waals surface area (Å²) in [5.74, 6) is 0.104. The normalized spacial score (nSPS) is 43.6. The molecule has 3 aliphatic carbocycles. The van der Waals surface area contributed by atoms with Crippen LogP contribution >= 0.6 is 0 Å². The van der Waals surface area contributed by atoms with Crippen LogP contribution < -0.4 is 0 Å². The molecule has 0 saturated heterocycles. The number of carbonyl (C=O) groups is 1. The Balaban J connectivity index is 1.82. The highest BCUT2D eigenvalue weighted by molar-refractivity contribution is 7.86. The number of ether oxygens (including phenoxy) is 1. The van der Waals surface area contributed by atoms with Gasteiger partial charge < -0.3 is 9.64 Å². The van der Waals surface area contributed by atoms with Gasteiger partial charge in [-0.15, -0.1) is 0 Å². The zero-order valence-electron chi connectivity index (χ0n) is 13.4. The van der Waals surface area contributed by atoms with E-state index in [1.165, 1.54) is 6.42 Å². The van der Waals surface area contributed by atoms with Crippen LogP contribution in [0.3, 0.4) is 0 Å². The van der Waals surface area contributed by atoms with Gasteiger partial charge in [-0.3, -0.25) is 9.35 Å². The lowest BCUT2D eigenvalue weighted by Gasteiger charge is -2.49. The van der Waals surface area contributed by atoms with Gasteiger partial charge in [-0.2, -0.15) is 8.42 Å². The van der Waals surface area contributed by atoms with E-state index in [4.69, 9.17) is 9.29 Å². The second kappa shape index (κ2) is 4.92. The molecule has 5 unspecified atom stereocenters. The molecule has 126 valence electrons. The number of fused-ring (bicyclic) bond motifs is 1. The van der Waals surface area contributed by atoms with Crippen molar-refractivity contribution >= 4 is 16.1 Å². The standard InChI is InChI=1S/C15H25NO5S/c1-14(16(2)3)5-10-4-11-6-15(9-14,7-12(10)11)21-13(17)8-22(18,19)20/h10-12H,4-9H2,1-3H3,(H,18,19,20). The summed E-state index contributed by atoms with van der Waals surface area (Å²) in [4.78, 5) is 14.1. The van der Waals surface area contributed by atoms with E-state index >= 15 is 0 Å². The van der Waals surface area contributed by atoms with Crippen molar-refractivity contribution in [3.05, 3.63) is 0 Å². The molecule has 3 aliphatic rings. The second-order valence-corrected chi connectivity index (χ2v) is 9.44. The summed E-state index contributed by atoms with van der Waals surface area (Å²) < 4.78 is 36.3. The summed E-state index contributed by atoms with van der Waals surface area (Å²) in [5, 5.41) is 0. The molecule has 3 rings (SSSR count). The van der Waals surface area contributed by atoms with Crippen molar-refractivity contribution in [2.75, 3.05) is 19.8 Å². The van der Waals surface area contributed by atoms with E-state index in [9.17, 15) is 13.2 Å². The van der Waals surface area contributed by atoms with Crippen LogP contribution in [-0.2, 0) is 19.6 Å². The average molecular weight is 331 g/mol. The predicted octanol–water partition coefficient (Wildman–Crippen LogP) is 1.32. The molecule has 0 aromatic carbocycles. The minimum atomic E-state index is -4.34. The Labute approximate surface area is 131 Å². The first-order valence-corrected chi connectivity index (χ1v) is 9.47. The number of esters is 1. The van der Waals surface area contributed by atoms with E-state index in [1.807, 2.05) is 14.1 Å². The van der Waals surface area contributed by atoms with Crippen molar-refractivity contribution in [2.45, 2.75) is 50.2 Å². The fraction of sp³-hybridized carbons (Fsp3) is 0.933. The van der Waals surface area contributed by atoms with Crippen molar-refractivity contribution in [1.29, 1.82) is 0 Å². The van der Waals surface area contributed by atoms with Crippen LogP contribution in [0.2, 0.25) is 0 Å². The zero-order valence-corrected chi connectivity index (χ0v) is 14.2. The molecule has 0 amide bonds. The van der Waals surface area contributed by atoms with Gasteiger partial charge in [-0.05, 0) is 64.5 Å². The molecule has 3 fully saturated rings. The predicted molar refractivity (Wildman–Crippen MR) is 80.9 cm³/mol. The van der Waals surface area contributed by atoms with Gasteiger partial charge in [-0.1, -0.05) is 0 Å². The van der Waals surface area contributed by atoms with Gasteiger partial charge in [-0.25, -0.2) is 0 Å². The van der Waals surface area contributed by atoms with Crippen molar-refractivity contribution in [2.24, 2.45) is 17.8 Å². The summed E-state index contributed by atoms with van der Waals surface area (Å²) in [5.41, 5.74) is -0.620. The Morgan fingerprint density at radius 3 is 2.50 bits per heavy atom. The number of nitrogens with zero attached hydrogens (tertiary/aromatic N) is 1. The molecular weight excluding hydrogens is 306 g/mol. The van der Waals surface area contributed by atoms with Gasteiger partial charge in [0.05, 0.1) is 0 Å². The highest BCUT2D eigenvalue weighted by atomic mass is 32.2. The van der Waals surface area contributed by atoms with Crippen LogP contribution in [0, 0.1) is 17.8 Å². The fourth-order valence-electron chi connectivity index (χ4n) is 5.08. The Kier molecular flexibility index (Phi) is 3.62. The molecule has 0 aliphatic heterocycles. The first-order chi connectivity index (χ1) is 10.0. The molecule has 7 heteroatoms. The Bertz CT molecular complexity index is 589. The SMILES string of the molecule is CN(C)C1(C)CC2CC3CC(OC(=O)CS(=O)(=O)O)(CC32)C1. The van der Waals surface area contributed by atoms with Crippen LogP contribution in [0.5, 0.6) is 0 Å². The van der Waals surface area contributed by atoms with Crippen LogP contribution in [0.15, 0.2) is 0 Å². The van der Waals surface area contributed by atoms with Crippen molar-refractivity contribution < 1.29 is 22.5 Å². The lowest BCUT2D eigenvalue weighted by atomic mass is 9.62. The largest absolute Gasteiger partial charge is 0.458 e. The highest BCUT2D eigenvalue weighted by Crippen LogP contribution is 2.63. The molecule has 5 atom stereocenters. The quantitative estimate of drug-likeness (QED) is 0.618. The smallest absolute Gasteiger partial charge is 0.324 e. The van der Waals surface area contributed by atoms with Crippen molar-refractivity contribution in [3.63, 3.8) is 0 Å². The molecule has 1 N–H and O–H groups in total. The van der Waals surface area contributed by atoms with Gasteiger partial charge in [0.2, 0.25) is 0 Å². The van der Waals surface area contributed by atoms with Gasteiger partial charge in [0.15, 0.2) is 5.75 Å². The number of carbonyl (C=O) groups excluding carboxylic acids is 1. The monoisotopic (exact) mass is 331 g/mol. The maximum absolute atomic E-state index is 11.9. The second-order valence-electron chi connectivity index (χ2n) is 7.98. The maximum Gasteiger partial charge on any atom is 0.324 e. The Morgan fingerprint density at radius 2 is 1.91 bits per heavy atom. The van der Waals surface area contributed by atoms with Crippen LogP contribution in [-0.4, -0.2) is 54.8 Å². The molecular formula is C15H25NO5S. The van der Waals surface area contributed by atoms with Crippen LogP contribution in [0.25, 0.3) is 0 Å². The maximum atomic E-state index is 11.9. The first-order valence-electron chi connectivity index (χ1n) is 7.86.